The molecule has 0 aliphatic heterocycles. The van der Waals surface area contributed by atoms with E-state index in [-0.39, 0.29) is 5.91 Å². The van der Waals surface area contributed by atoms with Gasteiger partial charge in [-0.2, -0.15) is 0 Å². The number of nitrogens with zero attached hydrogens (tertiary/aromatic N) is 3. The van der Waals surface area contributed by atoms with Crippen molar-refractivity contribution in [2.24, 2.45) is 0 Å². The van der Waals surface area contributed by atoms with Gasteiger partial charge in [-0.1, -0.05) is 6.92 Å². The number of nitrogens with one attached hydrogen (secondary N) is 1. The average molecular weight is 284 g/mol. The Morgan fingerprint density at radius 2 is 2.05 bits per heavy atom. The maximum Gasteiger partial charge on any atom is 0.261 e. The zero-order valence-electron chi connectivity index (χ0n) is 12.6. The molecule has 0 aliphatic rings. The Bertz CT molecular complexity index is 613. The highest BCUT2D eigenvalue weighted by molar-refractivity contribution is 6.09. The molecule has 0 spiro atoms. The predicted molar refractivity (Wildman–Crippen MR) is 84.7 cm³/mol. The normalized spacial score (nSPS) is 10.2. The Morgan fingerprint density at radius 1 is 1.33 bits per heavy atom. The van der Waals surface area contributed by atoms with E-state index in [1.807, 2.05) is 13.0 Å². The Balaban J connectivity index is 2.30. The van der Waals surface area contributed by atoms with Gasteiger partial charge >= 0.3 is 0 Å². The van der Waals surface area contributed by atoms with Gasteiger partial charge in [-0.25, -0.2) is 0 Å². The van der Waals surface area contributed by atoms with Gasteiger partial charge in [0.05, 0.1) is 11.3 Å². The van der Waals surface area contributed by atoms with Crippen molar-refractivity contribution in [3.8, 4) is 0 Å². The third-order valence-electron chi connectivity index (χ3n) is 3.19. The minimum Gasteiger partial charge on any atom is -0.384 e. The lowest BCUT2D eigenvalue weighted by atomic mass is 10.1. The quantitative estimate of drug-likeness (QED) is 0.917. The molecule has 0 saturated carbocycles. The van der Waals surface area contributed by atoms with Crippen LogP contribution < -0.4 is 10.2 Å². The van der Waals surface area contributed by atoms with Gasteiger partial charge in [0.15, 0.2) is 0 Å². The van der Waals surface area contributed by atoms with E-state index >= 15 is 0 Å². The molecule has 2 rings (SSSR count). The number of carbonyl (C=O) groups is 1. The Hall–Kier alpha value is -2.43. The highest BCUT2D eigenvalue weighted by Crippen LogP contribution is 2.20. The van der Waals surface area contributed by atoms with Crippen molar-refractivity contribution >= 4 is 17.3 Å². The molecule has 0 atom stereocenters. The highest BCUT2D eigenvalue weighted by Gasteiger charge is 2.17. The van der Waals surface area contributed by atoms with E-state index in [9.17, 15) is 4.79 Å². The van der Waals surface area contributed by atoms with E-state index in [1.165, 1.54) is 0 Å². The first-order valence-electron chi connectivity index (χ1n) is 7.02. The first kappa shape index (κ1) is 15.0. The largest absolute Gasteiger partial charge is 0.384 e. The number of rotatable bonds is 5. The molecule has 0 fully saturated rings. The van der Waals surface area contributed by atoms with Crippen LogP contribution in [0.3, 0.4) is 0 Å². The van der Waals surface area contributed by atoms with E-state index < -0.39 is 0 Å². The van der Waals surface area contributed by atoms with Crippen molar-refractivity contribution in [2.45, 2.75) is 20.3 Å². The molecule has 2 aromatic heterocycles. The number of aromatic nitrogens is 2. The lowest BCUT2D eigenvalue weighted by Gasteiger charge is -2.19. The Morgan fingerprint density at radius 3 is 2.71 bits per heavy atom. The average Bonchev–Trinajstić information content (AvgIpc) is 2.52. The van der Waals surface area contributed by atoms with Crippen LogP contribution in [-0.2, 0) is 0 Å². The van der Waals surface area contributed by atoms with Crippen LogP contribution in [-0.4, -0.2) is 29.5 Å². The van der Waals surface area contributed by atoms with Crippen LogP contribution in [0.2, 0.25) is 0 Å². The fourth-order valence-electron chi connectivity index (χ4n) is 2.00. The van der Waals surface area contributed by atoms with Crippen LogP contribution in [0.5, 0.6) is 0 Å². The summed E-state index contributed by atoms with van der Waals surface area (Å²) in [5.74, 6) is -0.0905. The zero-order chi connectivity index (χ0) is 15.2. The van der Waals surface area contributed by atoms with E-state index in [0.717, 1.165) is 30.0 Å². The maximum atomic E-state index is 12.7. The molecule has 5 heteroatoms. The Kier molecular flexibility index (Phi) is 4.87. The van der Waals surface area contributed by atoms with Gasteiger partial charge in [-0.15, -0.1) is 0 Å². The van der Waals surface area contributed by atoms with Gasteiger partial charge in [0.1, 0.15) is 0 Å². The van der Waals surface area contributed by atoms with Crippen molar-refractivity contribution < 1.29 is 4.79 Å². The fraction of sp³-hybridized carbons (Fsp3) is 0.312. The van der Waals surface area contributed by atoms with Crippen LogP contribution in [0.1, 0.15) is 29.4 Å². The molecule has 2 aromatic rings. The second-order valence-corrected chi connectivity index (χ2v) is 4.87. The predicted octanol–water partition coefficient (Wildman–Crippen LogP) is 2.88. The second kappa shape index (κ2) is 6.83. The summed E-state index contributed by atoms with van der Waals surface area (Å²) < 4.78 is 0. The number of aryl methyl sites for hydroxylation is 1. The van der Waals surface area contributed by atoms with Crippen molar-refractivity contribution in [1.29, 1.82) is 0 Å². The van der Waals surface area contributed by atoms with Gasteiger partial charge in [0.25, 0.3) is 5.91 Å². The summed E-state index contributed by atoms with van der Waals surface area (Å²) >= 11 is 0. The van der Waals surface area contributed by atoms with Crippen molar-refractivity contribution in [3.63, 3.8) is 0 Å². The molecule has 0 aromatic carbocycles. The molecule has 5 nitrogen and oxygen atoms in total. The third-order valence-corrected chi connectivity index (χ3v) is 3.19. The van der Waals surface area contributed by atoms with E-state index in [2.05, 4.69) is 22.2 Å². The summed E-state index contributed by atoms with van der Waals surface area (Å²) in [4.78, 5) is 22.5. The smallest absolute Gasteiger partial charge is 0.261 e. The van der Waals surface area contributed by atoms with Crippen LogP contribution in [0.15, 0.2) is 36.8 Å². The summed E-state index contributed by atoms with van der Waals surface area (Å²) in [6, 6.07) is 5.51. The summed E-state index contributed by atoms with van der Waals surface area (Å²) in [6.45, 7) is 4.83. The van der Waals surface area contributed by atoms with Gasteiger partial charge in [-0.05, 0) is 31.5 Å². The molecule has 0 radical (unpaired) electrons. The molecule has 0 bridgehead atoms. The van der Waals surface area contributed by atoms with Gasteiger partial charge in [0.2, 0.25) is 0 Å². The van der Waals surface area contributed by atoms with Crippen LogP contribution >= 0.6 is 0 Å². The molecule has 1 N–H and O–H groups in total. The summed E-state index contributed by atoms with van der Waals surface area (Å²) in [7, 11) is 1.75. The lowest BCUT2D eigenvalue weighted by molar-refractivity contribution is 0.0993. The second-order valence-electron chi connectivity index (χ2n) is 4.87. The third kappa shape index (κ3) is 3.56. The summed E-state index contributed by atoms with van der Waals surface area (Å²) in [6.07, 6.45) is 5.97. The molecule has 0 saturated heterocycles. The zero-order valence-corrected chi connectivity index (χ0v) is 12.6. The van der Waals surface area contributed by atoms with Crippen molar-refractivity contribution in [1.82, 2.24) is 9.97 Å². The molecule has 21 heavy (non-hydrogen) atoms. The molecular formula is C16H20N4O. The molecular weight excluding hydrogens is 264 g/mol. The maximum absolute atomic E-state index is 12.7. The highest BCUT2D eigenvalue weighted by atomic mass is 16.2. The van der Waals surface area contributed by atoms with Crippen LogP contribution in [0, 0.1) is 6.92 Å². The first-order valence-corrected chi connectivity index (χ1v) is 7.02. The number of carbonyl (C=O) groups excluding carboxylic acids is 1. The van der Waals surface area contributed by atoms with Gasteiger partial charge < -0.3 is 10.2 Å². The Labute approximate surface area is 125 Å². The molecule has 0 unspecified atom stereocenters. The standard InChI is InChI=1S/C16H20N4O/c1-4-7-18-15-10-12(2)19-11-14(15)16(21)20(3)13-5-8-17-9-6-13/h5-6,8-11H,4,7H2,1-3H3,(H,18,19). The summed E-state index contributed by atoms with van der Waals surface area (Å²) in [5.41, 5.74) is 3.09. The topological polar surface area (TPSA) is 58.1 Å². The molecule has 110 valence electrons. The van der Waals surface area contributed by atoms with E-state index in [0.29, 0.717) is 5.56 Å². The number of pyridine rings is 2. The SMILES string of the molecule is CCCNc1cc(C)ncc1C(=O)N(C)c1ccncc1. The minimum absolute atomic E-state index is 0.0905. The van der Waals surface area contributed by atoms with Crippen LogP contribution in [0.25, 0.3) is 0 Å². The van der Waals surface area contributed by atoms with Crippen molar-refractivity contribution in [3.05, 3.63) is 48.0 Å². The number of hydrogen-bond acceptors (Lipinski definition) is 4. The number of hydrogen-bond donors (Lipinski definition) is 1. The summed E-state index contributed by atoms with van der Waals surface area (Å²) in [5, 5.41) is 3.29. The molecule has 1 amide bonds. The lowest BCUT2D eigenvalue weighted by Crippen LogP contribution is -2.27. The number of anilines is 2. The van der Waals surface area contributed by atoms with E-state index in [4.69, 9.17) is 0 Å². The molecule has 2 heterocycles. The van der Waals surface area contributed by atoms with E-state index in [1.54, 1.807) is 42.7 Å². The molecule has 0 aliphatic carbocycles. The number of amides is 1. The minimum atomic E-state index is -0.0905. The van der Waals surface area contributed by atoms with Crippen LogP contribution in [0.4, 0.5) is 11.4 Å². The van der Waals surface area contributed by atoms with Gasteiger partial charge in [-0.3, -0.25) is 14.8 Å². The van der Waals surface area contributed by atoms with Gasteiger partial charge in [0, 0.05) is 43.6 Å². The fourth-order valence-corrected chi connectivity index (χ4v) is 2.00. The first-order chi connectivity index (χ1) is 10.1. The monoisotopic (exact) mass is 284 g/mol. The van der Waals surface area contributed by atoms with Crippen molar-refractivity contribution in [2.75, 3.05) is 23.8 Å².